The lowest BCUT2D eigenvalue weighted by Crippen LogP contribution is -2.28. The molecule has 140 valence electrons. The zero-order valence-corrected chi connectivity index (χ0v) is 16.3. The third-order valence-corrected chi connectivity index (χ3v) is 6.26. The highest BCUT2D eigenvalue weighted by Crippen LogP contribution is 2.35. The van der Waals surface area contributed by atoms with Gasteiger partial charge >= 0.3 is 0 Å². The summed E-state index contributed by atoms with van der Waals surface area (Å²) < 4.78 is 2.00. The van der Waals surface area contributed by atoms with E-state index in [0.29, 0.717) is 5.02 Å². The highest BCUT2D eigenvalue weighted by atomic mass is 35.5. The lowest BCUT2D eigenvalue weighted by atomic mass is 10.0. The molecule has 0 spiro atoms. The van der Waals surface area contributed by atoms with E-state index in [1.165, 1.54) is 50.8 Å². The van der Waals surface area contributed by atoms with Crippen molar-refractivity contribution in [3.8, 4) is 11.1 Å². The Hall–Kier alpha value is -1.91. The third kappa shape index (κ3) is 3.61. The standard InChI is InChI=1S/C22H25ClN4/c23-21-19(10-11-20-22(21)24-25-27(20)15-17-4-5-17)18-8-6-16(7-9-18)14-26-12-2-1-3-13-26/h6-11,17H,1-5,12-15H2. The van der Waals surface area contributed by atoms with Crippen molar-refractivity contribution in [1.29, 1.82) is 0 Å². The first-order chi connectivity index (χ1) is 13.3. The number of halogens is 1. The van der Waals surface area contributed by atoms with Crippen molar-refractivity contribution >= 4 is 22.6 Å². The van der Waals surface area contributed by atoms with Gasteiger partial charge in [-0.1, -0.05) is 53.6 Å². The molecule has 4 nitrogen and oxygen atoms in total. The van der Waals surface area contributed by atoms with Crippen LogP contribution in [0.25, 0.3) is 22.2 Å². The van der Waals surface area contributed by atoms with Crippen molar-refractivity contribution in [1.82, 2.24) is 19.9 Å². The van der Waals surface area contributed by atoms with Crippen LogP contribution in [0.1, 0.15) is 37.7 Å². The Labute approximate surface area is 165 Å². The second kappa shape index (κ2) is 7.25. The smallest absolute Gasteiger partial charge is 0.132 e. The van der Waals surface area contributed by atoms with Gasteiger partial charge in [0.2, 0.25) is 0 Å². The molecular formula is C22H25ClN4. The molecule has 2 fully saturated rings. The predicted octanol–water partition coefficient (Wildman–Crippen LogP) is 5.15. The molecule has 2 aromatic carbocycles. The first kappa shape index (κ1) is 17.2. The van der Waals surface area contributed by atoms with E-state index in [9.17, 15) is 0 Å². The minimum absolute atomic E-state index is 0.707. The van der Waals surface area contributed by atoms with Crippen LogP contribution < -0.4 is 0 Å². The monoisotopic (exact) mass is 380 g/mol. The molecule has 1 aliphatic heterocycles. The molecule has 0 bridgehead atoms. The molecule has 0 amide bonds. The van der Waals surface area contributed by atoms with Gasteiger partial charge in [-0.2, -0.15) is 0 Å². The van der Waals surface area contributed by atoms with Crippen molar-refractivity contribution in [2.45, 2.75) is 45.2 Å². The molecule has 2 aliphatic rings. The van der Waals surface area contributed by atoms with Crippen molar-refractivity contribution < 1.29 is 0 Å². The summed E-state index contributed by atoms with van der Waals surface area (Å²) in [4.78, 5) is 2.55. The van der Waals surface area contributed by atoms with Gasteiger partial charge in [0, 0.05) is 18.7 Å². The van der Waals surface area contributed by atoms with E-state index in [0.717, 1.165) is 41.2 Å². The zero-order chi connectivity index (χ0) is 18.2. The average Bonchev–Trinajstić information content (AvgIpc) is 3.42. The van der Waals surface area contributed by atoms with Gasteiger partial charge in [-0.25, -0.2) is 4.68 Å². The first-order valence-electron chi connectivity index (χ1n) is 10.1. The van der Waals surface area contributed by atoms with Gasteiger partial charge in [0.1, 0.15) is 5.52 Å². The first-order valence-corrected chi connectivity index (χ1v) is 10.5. The number of fused-ring (bicyclic) bond motifs is 1. The lowest BCUT2D eigenvalue weighted by molar-refractivity contribution is 0.221. The van der Waals surface area contributed by atoms with Gasteiger partial charge in [-0.05, 0) is 61.9 Å². The Bertz CT molecular complexity index is 937. The number of hydrogen-bond acceptors (Lipinski definition) is 3. The van der Waals surface area contributed by atoms with E-state index < -0.39 is 0 Å². The minimum Gasteiger partial charge on any atom is -0.299 e. The van der Waals surface area contributed by atoms with Crippen molar-refractivity contribution in [3.63, 3.8) is 0 Å². The van der Waals surface area contributed by atoms with E-state index >= 15 is 0 Å². The number of likely N-dealkylation sites (tertiary alicyclic amines) is 1. The van der Waals surface area contributed by atoms with Crippen LogP contribution in [0.4, 0.5) is 0 Å². The van der Waals surface area contributed by atoms with E-state index in [4.69, 9.17) is 11.6 Å². The van der Waals surface area contributed by atoms with Gasteiger partial charge in [-0.15, -0.1) is 5.10 Å². The molecule has 27 heavy (non-hydrogen) atoms. The summed E-state index contributed by atoms with van der Waals surface area (Å²) in [5, 5.41) is 9.39. The van der Waals surface area contributed by atoms with Crippen LogP contribution in [0.15, 0.2) is 36.4 Å². The van der Waals surface area contributed by atoms with Crippen LogP contribution in [-0.2, 0) is 13.1 Å². The SMILES string of the molecule is Clc1c(-c2ccc(CN3CCCCC3)cc2)ccc2c1nnn2CC1CC1. The van der Waals surface area contributed by atoms with Crippen LogP contribution in [-0.4, -0.2) is 33.0 Å². The summed E-state index contributed by atoms with van der Waals surface area (Å²) in [5.74, 6) is 0.765. The fourth-order valence-corrected chi connectivity index (χ4v) is 4.38. The summed E-state index contributed by atoms with van der Waals surface area (Å²) >= 11 is 6.71. The summed E-state index contributed by atoms with van der Waals surface area (Å²) in [6, 6.07) is 13.0. The van der Waals surface area contributed by atoms with Crippen molar-refractivity contribution in [2.24, 2.45) is 5.92 Å². The van der Waals surface area contributed by atoms with Crippen molar-refractivity contribution in [2.75, 3.05) is 13.1 Å². The maximum absolute atomic E-state index is 6.71. The van der Waals surface area contributed by atoms with Gasteiger partial charge in [0.15, 0.2) is 0 Å². The molecule has 0 atom stereocenters. The molecule has 1 aliphatic carbocycles. The normalized spacial score (nSPS) is 18.3. The van der Waals surface area contributed by atoms with Crippen LogP contribution >= 0.6 is 11.6 Å². The molecule has 1 saturated heterocycles. The summed E-state index contributed by atoms with van der Waals surface area (Å²) in [7, 11) is 0. The second-order valence-electron chi connectivity index (χ2n) is 8.04. The Morgan fingerprint density at radius 2 is 1.74 bits per heavy atom. The summed E-state index contributed by atoms with van der Waals surface area (Å²) in [6.07, 6.45) is 6.64. The van der Waals surface area contributed by atoms with Gasteiger partial charge in [0.05, 0.1) is 10.5 Å². The topological polar surface area (TPSA) is 34.0 Å². The minimum atomic E-state index is 0.707. The van der Waals surface area contributed by atoms with Crippen LogP contribution in [0, 0.1) is 5.92 Å². The fraction of sp³-hybridized carbons (Fsp3) is 0.455. The van der Waals surface area contributed by atoms with Gasteiger partial charge in [-0.3, -0.25) is 4.90 Å². The molecular weight excluding hydrogens is 356 g/mol. The zero-order valence-electron chi connectivity index (χ0n) is 15.6. The highest BCUT2D eigenvalue weighted by Gasteiger charge is 2.24. The summed E-state index contributed by atoms with van der Waals surface area (Å²) in [6.45, 7) is 4.45. The summed E-state index contributed by atoms with van der Waals surface area (Å²) in [5.41, 5.74) is 5.39. The Morgan fingerprint density at radius 1 is 0.963 bits per heavy atom. The van der Waals surface area contributed by atoms with Crippen LogP contribution in [0.3, 0.4) is 0 Å². The molecule has 2 heterocycles. The van der Waals surface area contributed by atoms with E-state index in [2.05, 4.69) is 51.6 Å². The van der Waals surface area contributed by atoms with E-state index in [-0.39, 0.29) is 0 Å². The Kier molecular flexibility index (Phi) is 4.62. The molecule has 1 saturated carbocycles. The molecule has 0 radical (unpaired) electrons. The van der Waals surface area contributed by atoms with Gasteiger partial charge < -0.3 is 0 Å². The number of benzene rings is 2. The molecule has 5 rings (SSSR count). The van der Waals surface area contributed by atoms with Crippen molar-refractivity contribution in [3.05, 3.63) is 47.0 Å². The molecule has 5 heteroatoms. The number of rotatable bonds is 5. The Balaban J connectivity index is 1.38. The average molecular weight is 381 g/mol. The number of aromatic nitrogens is 3. The number of hydrogen-bond donors (Lipinski definition) is 0. The lowest BCUT2D eigenvalue weighted by Gasteiger charge is -2.26. The molecule has 0 N–H and O–H groups in total. The van der Waals surface area contributed by atoms with Crippen LogP contribution in [0.2, 0.25) is 5.02 Å². The highest BCUT2D eigenvalue weighted by molar-refractivity contribution is 6.37. The number of nitrogens with zero attached hydrogens (tertiary/aromatic N) is 4. The maximum Gasteiger partial charge on any atom is 0.132 e. The molecule has 0 unspecified atom stereocenters. The predicted molar refractivity (Wildman–Crippen MR) is 110 cm³/mol. The number of piperidine rings is 1. The Morgan fingerprint density at radius 3 is 2.48 bits per heavy atom. The fourth-order valence-electron chi connectivity index (χ4n) is 4.07. The van der Waals surface area contributed by atoms with E-state index in [1.54, 1.807) is 0 Å². The largest absolute Gasteiger partial charge is 0.299 e. The van der Waals surface area contributed by atoms with Gasteiger partial charge in [0.25, 0.3) is 0 Å². The van der Waals surface area contributed by atoms with Crippen LogP contribution in [0.5, 0.6) is 0 Å². The molecule has 3 aromatic rings. The third-order valence-electron chi connectivity index (χ3n) is 5.87. The molecule has 1 aromatic heterocycles. The van der Waals surface area contributed by atoms with E-state index in [1.807, 2.05) is 4.68 Å². The quantitative estimate of drug-likeness (QED) is 0.614. The second-order valence-corrected chi connectivity index (χ2v) is 8.42. The maximum atomic E-state index is 6.71.